The van der Waals surface area contributed by atoms with E-state index in [9.17, 15) is 4.39 Å². The molecular formula is C12H10BrFN4. The van der Waals surface area contributed by atoms with Gasteiger partial charge in [-0.15, -0.1) is 0 Å². The van der Waals surface area contributed by atoms with Gasteiger partial charge in [-0.05, 0) is 35.0 Å². The minimum atomic E-state index is -0.489. The molecule has 4 nitrogen and oxygen atoms in total. The van der Waals surface area contributed by atoms with Crippen molar-refractivity contribution in [3.05, 3.63) is 39.9 Å². The van der Waals surface area contributed by atoms with Crippen LogP contribution in [0.2, 0.25) is 0 Å². The second-order valence-electron chi connectivity index (χ2n) is 3.83. The highest BCUT2D eigenvalue weighted by Gasteiger charge is 2.12. The first-order valence-corrected chi connectivity index (χ1v) is 5.97. The molecule has 2 aromatic rings. The second-order valence-corrected chi connectivity index (χ2v) is 4.62. The summed E-state index contributed by atoms with van der Waals surface area (Å²) < 4.78 is 15.8. The molecule has 0 atom stereocenters. The van der Waals surface area contributed by atoms with Crippen LogP contribution in [-0.4, -0.2) is 9.78 Å². The molecule has 0 aliphatic rings. The van der Waals surface area contributed by atoms with Gasteiger partial charge in [0.2, 0.25) is 0 Å². The Hall–Kier alpha value is -1.87. The second kappa shape index (κ2) is 4.78. The van der Waals surface area contributed by atoms with Gasteiger partial charge in [-0.25, -0.2) is 4.39 Å². The molecule has 1 N–H and O–H groups in total. The Kier molecular flexibility index (Phi) is 3.34. The number of aryl methyl sites for hydroxylation is 2. The van der Waals surface area contributed by atoms with Crippen LogP contribution in [0.3, 0.4) is 0 Å². The molecule has 0 saturated heterocycles. The highest BCUT2D eigenvalue weighted by Crippen LogP contribution is 2.29. The van der Waals surface area contributed by atoms with Crippen molar-refractivity contribution in [3.8, 4) is 6.07 Å². The summed E-state index contributed by atoms with van der Waals surface area (Å²) in [7, 11) is 1.79. The topological polar surface area (TPSA) is 53.6 Å². The molecule has 0 saturated carbocycles. The van der Waals surface area contributed by atoms with Crippen LogP contribution in [0.1, 0.15) is 11.3 Å². The fourth-order valence-electron chi connectivity index (χ4n) is 1.60. The summed E-state index contributed by atoms with van der Waals surface area (Å²) in [6.45, 7) is 1.83. The molecule has 1 aromatic carbocycles. The van der Waals surface area contributed by atoms with E-state index in [1.165, 1.54) is 6.07 Å². The van der Waals surface area contributed by atoms with E-state index in [0.717, 1.165) is 11.4 Å². The predicted octanol–water partition coefficient (Wildman–Crippen LogP) is 3.25. The van der Waals surface area contributed by atoms with E-state index in [1.54, 1.807) is 24.0 Å². The number of hydrogen-bond donors (Lipinski definition) is 1. The van der Waals surface area contributed by atoms with Crippen LogP contribution < -0.4 is 5.32 Å². The maximum Gasteiger partial charge on any atom is 0.162 e. The highest BCUT2D eigenvalue weighted by molar-refractivity contribution is 9.10. The van der Waals surface area contributed by atoms with Gasteiger partial charge < -0.3 is 5.32 Å². The molecule has 2 rings (SSSR count). The van der Waals surface area contributed by atoms with E-state index in [-0.39, 0.29) is 10.0 Å². The van der Waals surface area contributed by atoms with E-state index in [1.807, 2.05) is 13.0 Å². The van der Waals surface area contributed by atoms with Crippen LogP contribution in [-0.2, 0) is 7.05 Å². The molecule has 0 radical (unpaired) electrons. The van der Waals surface area contributed by atoms with Gasteiger partial charge in [0, 0.05) is 13.2 Å². The zero-order valence-corrected chi connectivity index (χ0v) is 11.4. The molecule has 0 amide bonds. The van der Waals surface area contributed by atoms with E-state index in [4.69, 9.17) is 5.26 Å². The number of aromatic nitrogens is 2. The third kappa shape index (κ3) is 2.22. The lowest BCUT2D eigenvalue weighted by Crippen LogP contribution is -1.96. The average Bonchev–Trinajstić information content (AvgIpc) is 2.64. The number of halogens is 2. The smallest absolute Gasteiger partial charge is 0.162 e. The Morgan fingerprint density at radius 3 is 2.72 bits per heavy atom. The predicted molar refractivity (Wildman–Crippen MR) is 70.0 cm³/mol. The third-order valence-electron chi connectivity index (χ3n) is 2.49. The number of benzene rings is 1. The zero-order valence-electron chi connectivity index (χ0n) is 9.83. The summed E-state index contributed by atoms with van der Waals surface area (Å²) in [6, 6.07) is 5.00. The van der Waals surface area contributed by atoms with Crippen LogP contribution in [0, 0.1) is 24.1 Å². The van der Waals surface area contributed by atoms with Gasteiger partial charge in [-0.3, -0.25) is 4.68 Å². The van der Waals surface area contributed by atoms with Crippen molar-refractivity contribution in [1.29, 1.82) is 5.26 Å². The summed E-state index contributed by atoms with van der Waals surface area (Å²) in [5.41, 5.74) is 2.07. The van der Waals surface area contributed by atoms with Gasteiger partial charge in [0.25, 0.3) is 0 Å². The normalized spacial score (nSPS) is 10.2. The quantitative estimate of drug-likeness (QED) is 0.926. The SMILES string of the molecule is Cc1nn(C)cc1Nc1ccc(C#N)c(Br)c1F. The van der Waals surface area contributed by atoms with Crippen molar-refractivity contribution in [2.45, 2.75) is 6.92 Å². The van der Waals surface area contributed by atoms with E-state index >= 15 is 0 Å². The summed E-state index contributed by atoms with van der Waals surface area (Å²) >= 11 is 3.07. The Morgan fingerprint density at radius 2 is 2.17 bits per heavy atom. The lowest BCUT2D eigenvalue weighted by Gasteiger charge is -2.08. The third-order valence-corrected chi connectivity index (χ3v) is 3.26. The molecule has 92 valence electrons. The average molecular weight is 309 g/mol. The fourth-order valence-corrected chi connectivity index (χ4v) is 2.03. The lowest BCUT2D eigenvalue weighted by molar-refractivity contribution is 0.624. The molecule has 0 aliphatic carbocycles. The van der Waals surface area contributed by atoms with Gasteiger partial charge in [0.15, 0.2) is 5.82 Å². The van der Waals surface area contributed by atoms with Gasteiger partial charge in [-0.1, -0.05) is 0 Å². The standard InChI is InChI=1S/C12H10BrFN4/c1-7-10(6-18(2)17-7)16-9-4-3-8(5-15)11(13)12(9)14/h3-4,6,16H,1-2H3. The molecule has 0 spiro atoms. The van der Waals surface area contributed by atoms with Gasteiger partial charge in [0.05, 0.1) is 27.1 Å². The minimum Gasteiger partial charge on any atom is -0.350 e. The van der Waals surface area contributed by atoms with Crippen LogP contribution in [0.25, 0.3) is 0 Å². The first kappa shape index (κ1) is 12.6. The van der Waals surface area contributed by atoms with Crippen LogP contribution in [0.5, 0.6) is 0 Å². The fraction of sp³-hybridized carbons (Fsp3) is 0.167. The van der Waals surface area contributed by atoms with Crippen molar-refractivity contribution < 1.29 is 4.39 Å². The summed E-state index contributed by atoms with van der Waals surface area (Å²) in [5.74, 6) is -0.489. The van der Waals surface area contributed by atoms with Gasteiger partial charge >= 0.3 is 0 Å². The molecule has 0 aliphatic heterocycles. The molecule has 18 heavy (non-hydrogen) atoms. The zero-order chi connectivity index (χ0) is 13.3. The summed E-state index contributed by atoms with van der Waals surface area (Å²) in [5, 5.41) is 15.9. The number of anilines is 2. The van der Waals surface area contributed by atoms with Crippen molar-refractivity contribution in [3.63, 3.8) is 0 Å². The summed E-state index contributed by atoms with van der Waals surface area (Å²) in [4.78, 5) is 0. The number of rotatable bonds is 2. The largest absolute Gasteiger partial charge is 0.350 e. The van der Waals surface area contributed by atoms with Crippen LogP contribution in [0.15, 0.2) is 22.8 Å². The summed E-state index contributed by atoms with van der Waals surface area (Å²) in [6.07, 6.45) is 1.76. The molecule has 0 unspecified atom stereocenters. The molecule has 1 heterocycles. The Bertz CT molecular complexity index is 642. The monoisotopic (exact) mass is 308 g/mol. The number of hydrogen-bond acceptors (Lipinski definition) is 3. The van der Waals surface area contributed by atoms with E-state index in [2.05, 4.69) is 26.3 Å². The van der Waals surface area contributed by atoms with E-state index in [0.29, 0.717) is 5.69 Å². The van der Waals surface area contributed by atoms with Crippen molar-refractivity contribution in [2.24, 2.45) is 7.05 Å². The number of nitrogens with one attached hydrogen (secondary N) is 1. The van der Waals surface area contributed by atoms with Gasteiger partial charge in [0.1, 0.15) is 6.07 Å². The maximum atomic E-state index is 14.0. The Morgan fingerprint density at radius 1 is 1.44 bits per heavy atom. The first-order chi connectivity index (χ1) is 8.52. The molecule has 1 aromatic heterocycles. The molecule has 0 fully saturated rings. The van der Waals surface area contributed by atoms with Gasteiger partial charge in [-0.2, -0.15) is 10.4 Å². The van der Waals surface area contributed by atoms with E-state index < -0.39 is 5.82 Å². The molecule has 0 bridgehead atoms. The Balaban J connectivity index is 2.39. The van der Waals surface area contributed by atoms with Crippen LogP contribution in [0.4, 0.5) is 15.8 Å². The number of nitrogens with zero attached hydrogens (tertiary/aromatic N) is 3. The Labute approximate surface area is 112 Å². The van der Waals surface area contributed by atoms with Crippen LogP contribution >= 0.6 is 15.9 Å². The molecule has 6 heteroatoms. The van der Waals surface area contributed by atoms with Crippen molar-refractivity contribution >= 4 is 27.3 Å². The molecular weight excluding hydrogens is 299 g/mol. The number of nitriles is 1. The minimum absolute atomic E-state index is 0.163. The first-order valence-electron chi connectivity index (χ1n) is 5.18. The maximum absolute atomic E-state index is 14.0. The van der Waals surface area contributed by atoms with Crippen molar-refractivity contribution in [2.75, 3.05) is 5.32 Å². The van der Waals surface area contributed by atoms with Crippen molar-refractivity contribution in [1.82, 2.24) is 9.78 Å². The lowest BCUT2D eigenvalue weighted by atomic mass is 10.2. The highest BCUT2D eigenvalue weighted by atomic mass is 79.9.